The van der Waals surface area contributed by atoms with Gasteiger partial charge < -0.3 is 15.8 Å². The molecule has 2 rings (SSSR count). The van der Waals surface area contributed by atoms with Crippen molar-refractivity contribution in [3.63, 3.8) is 0 Å². The Labute approximate surface area is 163 Å². The second-order valence-electron chi connectivity index (χ2n) is 6.11. The Hall–Kier alpha value is -2.79. The summed E-state index contributed by atoms with van der Waals surface area (Å²) < 4.78 is 5.83. The fourth-order valence-corrected chi connectivity index (χ4v) is 3.00. The predicted molar refractivity (Wildman–Crippen MR) is 106 cm³/mol. The number of benzene rings is 1. The van der Waals surface area contributed by atoms with E-state index < -0.39 is 0 Å². The van der Waals surface area contributed by atoms with Crippen molar-refractivity contribution in [3.05, 3.63) is 40.6 Å². The highest BCUT2D eigenvalue weighted by Gasteiger charge is 2.08. The summed E-state index contributed by atoms with van der Waals surface area (Å²) in [6.45, 7) is 7.22. The van der Waals surface area contributed by atoms with Gasteiger partial charge in [0.25, 0.3) is 0 Å². The maximum Gasteiger partial charge on any atom is 0.230 e. The lowest BCUT2D eigenvalue weighted by atomic mass is 10.1. The quantitative estimate of drug-likeness (QED) is 0.408. The molecule has 0 radical (unpaired) electrons. The molecule has 27 heavy (non-hydrogen) atoms. The number of nitrogens with zero attached hydrogens (tertiary/aromatic N) is 3. The molecule has 1 aromatic heterocycles. The molecule has 0 aliphatic rings. The Morgan fingerprint density at radius 3 is 2.85 bits per heavy atom. The van der Waals surface area contributed by atoms with Crippen LogP contribution in [-0.4, -0.2) is 34.8 Å². The Kier molecular flexibility index (Phi) is 7.44. The highest BCUT2D eigenvalue weighted by Crippen LogP contribution is 2.23. The predicted octanol–water partition coefficient (Wildman–Crippen LogP) is 2.53. The van der Waals surface area contributed by atoms with E-state index in [1.807, 2.05) is 26.0 Å². The number of aryl methyl sites for hydroxylation is 2. The zero-order valence-electron chi connectivity index (χ0n) is 15.7. The number of aromatic nitrogens is 2. The minimum absolute atomic E-state index is 0.117. The molecule has 0 aliphatic carbocycles. The molecule has 0 aliphatic heterocycles. The number of carbonyl (C=O) groups is 1. The number of carbonyl (C=O) groups excluding carboxylic acids is 1. The molecule has 0 unspecified atom stereocenters. The molecule has 142 valence electrons. The smallest absolute Gasteiger partial charge is 0.230 e. The molecule has 0 saturated heterocycles. The van der Waals surface area contributed by atoms with Gasteiger partial charge in [-0.15, -0.1) is 0 Å². The molecule has 2 aromatic rings. The first-order valence-electron chi connectivity index (χ1n) is 8.53. The fraction of sp³-hybridized carbons (Fsp3) is 0.368. The van der Waals surface area contributed by atoms with Crippen LogP contribution in [0.2, 0.25) is 0 Å². The Morgan fingerprint density at radius 1 is 1.37 bits per heavy atom. The third-order valence-corrected chi connectivity index (χ3v) is 4.78. The highest BCUT2D eigenvalue weighted by atomic mass is 32.2. The first kappa shape index (κ1) is 20.5. The number of anilines is 1. The topological polar surface area (TPSA) is 114 Å². The Morgan fingerprint density at radius 2 is 2.15 bits per heavy atom. The van der Waals surface area contributed by atoms with Crippen LogP contribution in [0.25, 0.3) is 0 Å². The van der Waals surface area contributed by atoms with Crippen LogP contribution in [0.1, 0.15) is 28.7 Å². The monoisotopic (exact) mass is 385 g/mol. The van der Waals surface area contributed by atoms with Gasteiger partial charge in [-0.25, -0.2) is 9.97 Å². The summed E-state index contributed by atoms with van der Waals surface area (Å²) in [6, 6.07) is 6.06. The molecule has 8 heteroatoms. The number of nitrogen functional groups attached to an aromatic ring is 1. The van der Waals surface area contributed by atoms with Gasteiger partial charge in [-0.05, 0) is 49.9 Å². The lowest BCUT2D eigenvalue weighted by molar-refractivity contribution is -0.118. The third kappa shape index (κ3) is 6.15. The molecule has 1 heterocycles. The van der Waals surface area contributed by atoms with Gasteiger partial charge >= 0.3 is 0 Å². The van der Waals surface area contributed by atoms with E-state index >= 15 is 0 Å². The van der Waals surface area contributed by atoms with Crippen LogP contribution >= 0.6 is 11.8 Å². The molecule has 0 spiro atoms. The van der Waals surface area contributed by atoms with Gasteiger partial charge in [-0.2, -0.15) is 5.26 Å². The standard InChI is InChI=1S/C19H23N5O2S/c1-12-7-13(2)14(3)16(8-12)26-6-4-5-22-17(25)11-27-19-23-10-15(9-20)18(21)24-19/h7-8,10H,4-6,11H2,1-3H3,(H,22,25)(H2,21,23,24). The van der Waals surface area contributed by atoms with E-state index in [2.05, 4.69) is 28.3 Å². The normalized spacial score (nSPS) is 10.3. The molecule has 0 saturated carbocycles. The van der Waals surface area contributed by atoms with E-state index in [1.165, 1.54) is 29.1 Å². The van der Waals surface area contributed by atoms with Crippen molar-refractivity contribution >= 4 is 23.5 Å². The molecule has 0 bridgehead atoms. The van der Waals surface area contributed by atoms with Crippen molar-refractivity contribution in [1.29, 1.82) is 5.26 Å². The van der Waals surface area contributed by atoms with E-state index in [1.54, 1.807) is 0 Å². The van der Waals surface area contributed by atoms with E-state index in [0.717, 1.165) is 11.3 Å². The van der Waals surface area contributed by atoms with Crippen LogP contribution < -0.4 is 15.8 Å². The largest absolute Gasteiger partial charge is 0.493 e. The van der Waals surface area contributed by atoms with Crippen molar-refractivity contribution in [2.24, 2.45) is 0 Å². The van der Waals surface area contributed by atoms with E-state index in [4.69, 9.17) is 15.7 Å². The molecule has 0 atom stereocenters. The summed E-state index contributed by atoms with van der Waals surface area (Å²) in [7, 11) is 0. The van der Waals surface area contributed by atoms with Crippen LogP contribution in [-0.2, 0) is 4.79 Å². The lowest BCUT2D eigenvalue weighted by Crippen LogP contribution is -2.27. The summed E-state index contributed by atoms with van der Waals surface area (Å²) >= 11 is 1.17. The molecular formula is C19H23N5O2S. The maximum atomic E-state index is 11.9. The number of nitriles is 1. The van der Waals surface area contributed by atoms with E-state index in [9.17, 15) is 4.79 Å². The summed E-state index contributed by atoms with van der Waals surface area (Å²) in [5.74, 6) is 1.08. The summed E-state index contributed by atoms with van der Waals surface area (Å²) in [4.78, 5) is 19.9. The molecule has 3 N–H and O–H groups in total. The van der Waals surface area contributed by atoms with Crippen LogP contribution in [0.3, 0.4) is 0 Å². The van der Waals surface area contributed by atoms with Crippen LogP contribution in [0.15, 0.2) is 23.5 Å². The number of hydrogen-bond donors (Lipinski definition) is 2. The van der Waals surface area contributed by atoms with Gasteiger partial charge in [-0.1, -0.05) is 17.8 Å². The van der Waals surface area contributed by atoms with Gasteiger partial charge in [0, 0.05) is 6.54 Å². The van der Waals surface area contributed by atoms with Gasteiger partial charge in [0.1, 0.15) is 23.2 Å². The molecular weight excluding hydrogens is 362 g/mol. The number of nitrogens with two attached hydrogens (primary N) is 1. The van der Waals surface area contributed by atoms with Crippen molar-refractivity contribution in [3.8, 4) is 11.8 Å². The zero-order valence-corrected chi connectivity index (χ0v) is 16.5. The van der Waals surface area contributed by atoms with Crippen molar-refractivity contribution in [2.45, 2.75) is 32.3 Å². The first-order valence-corrected chi connectivity index (χ1v) is 9.52. The van der Waals surface area contributed by atoms with Crippen LogP contribution in [0.4, 0.5) is 5.82 Å². The Balaban J connectivity index is 1.68. The molecule has 0 fully saturated rings. The van der Waals surface area contributed by atoms with Gasteiger partial charge in [0.05, 0.1) is 18.6 Å². The number of ether oxygens (including phenoxy) is 1. The second kappa shape index (κ2) is 9.78. The fourth-order valence-electron chi connectivity index (χ4n) is 2.35. The highest BCUT2D eigenvalue weighted by molar-refractivity contribution is 7.99. The maximum absolute atomic E-state index is 11.9. The van der Waals surface area contributed by atoms with Crippen molar-refractivity contribution < 1.29 is 9.53 Å². The number of hydrogen-bond acceptors (Lipinski definition) is 7. The number of rotatable bonds is 8. The second-order valence-corrected chi connectivity index (χ2v) is 7.05. The summed E-state index contributed by atoms with van der Waals surface area (Å²) in [5.41, 5.74) is 9.37. The summed E-state index contributed by atoms with van der Waals surface area (Å²) in [5, 5.41) is 12.0. The SMILES string of the molecule is Cc1cc(C)c(C)c(OCCCNC(=O)CSc2ncc(C#N)c(N)n2)c1. The molecule has 7 nitrogen and oxygen atoms in total. The van der Waals surface area contributed by atoms with E-state index in [-0.39, 0.29) is 23.0 Å². The zero-order chi connectivity index (χ0) is 19.8. The minimum atomic E-state index is -0.117. The number of nitrogens with one attached hydrogen (secondary N) is 1. The average Bonchev–Trinajstić information content (AvgIpc) is 2.63. The van der Waals surface area contributed by atoms with Gasteiger partial charge in [0.2, 0.25) is 5.91 Å². The third-order valence-electron chi connectivity index (χ3n) is 3.91. The molecule has 1 aromatic carbocycles. The summed E-state index contributed by atoms with van der Waals surface area (Å²) in [6.07, 6.45) is 2.07. The minimum Gasteiger partial charge on any atom is -0.493 e. The average molecular weight is 385 g/mol. The van der Waals surface area contributed by atoms with Crippen molar-refractivity contribution in [1.82, 2.24) is 15.3 Å². The number of thioether (sulfide) groups is 1. The van der Waals surface area contributed by atoms with Crippen LogP contribution in [0, 0.1) is 32.1 Å². The molecule has 1 amide bonds. The van der Waals surface area contributed by atoms with Crippen molar-refractivity contribution in [2.75, 3.05) is 24.6 Å². The lowest BCUT2D eigenvalue weighted by Gasteiger charge is -2.12. The first-order chi connectivity index (χ1) is 12.9. The van der Waals surface area contributed by atoms with Gasteiger partial charge in [-0.3, -0.25) is 4.79 Å². The van der Waals surface area contributed by atoms with E-state index in [0.29, 0.717) is 24.7 Å². The number of amides is 1. The van der Waals surface area contributed by atoms with Crippen LogP contribution in [0.5, 0.6) is 5.75 Å². The van der Waals surface area contributed by atoms with Gasteiger partial charge in [0.15, 0.2) is 5.16 Å². The Bertz CT molecular complexity index is 864.